The first-order valence-electron chi connectivity index (χ1n) is 11.4. The molecule has 2 aromatic heterocycles. The number of thiophene rings is 1. The Morgan fingerprint density at radius 1 is 1.06 bits per heavy atom. The molecule has 0 spiro atoms. The lowest BCUT2D eigenvalue weighted by Crippen LogP contribution is -2.00. The summed E-state index contributed by atoms with van der Waals surface area (Å²) in [5.74, 6) is 0.541. The van der Waals surface area contributed by atoms with Crippen molar-refractivity contribution in [3.8, 4) is 28.1 Å². The fourth-order valence-electron chi connectivity index (χ4n) is 4.11. The predicted octanol–water partition coefficient (Wildman–Crippen LogP) is 8.76. The first kappa shape index (κ1) is 24.4. The molecule has 0 aliphatic heterocycles. The second-order valence-corrected chi connectivity index (χ2v) is 9.98. The van der Waals surface area contributed by atoms with Gasteiger partial charge in [-0.05, 0) is 47.9 Å². The Morgan fingerprint density at radius 3 is 2.47 bits per heavy atom. The van der Waals surface area contributed by atoms with Gasteiger partial charge in [0.1, 0.15) is 23.8 Å². The summed E-state index contributed by atoms with van der Waals surface area (Å²) in [6, 6.07) is 18.9. The van der Waals surface area contributed by atoms with Crippen LogP contribution >= 0.6 is 34.5 Å². The van der Waals surface area contributed by atoms with Crippen molar-refractivity contribution < 1.29 is 19.2 Å². The molecule has 0 radical (unpaired) electrons. The number of aromatic nitrogens is 1. The van der Waals surface area contributed by atoms with Crippen molar-refractivity contribution in [1.29, 1.82) is 0 Å². The molecule has 1 N–H and O–H groups in total. The third-order valence-corrected chi connectivity index (χ3v) is 7.50. The van der Waals surface area contributed by atoms with E-state index in [1.165, 1.54) is 11.3 Å². The zero-order valence-corrected chi connectivity index (χ0v) is 21.6. The molecular weight excluding hydrogens is 517 g/mol. The predicted molar refractivity (Wildman–Crippen MR) is 145 cm³/mol. The summed E-state index contributed by atoms with van der Waals surface area (Å²) in [6.45, 7) is 2.33. The summed E-state index contributed by atoms with van der Waals surface area (Å²) in [4.78, 5) is 11.4. The first-order chi connectivity index (χ1) is 17.5. The minimum Gasteiger partial charge on any atom is -0.489 e. The lowest BCUT2D eigenvalue weighted by molar-refractivity contribution is 0.0699. The third kappa shape index (κ3) is 4.72. The van der Waals surface area contributed by atoms with Gasteiger partial charge in [-0.25, -0.2) is 4.79 Å². The topological polar surface area (TPSA) is 72.6 Å². The van der Waals surface area contributed by atoms with Crippen molar-refractivity contribution in [1.82, 2.24) is 5.16 Å². The van der Waals surface area contributed by atoms with Crippen LogP contribution in [-0.2, 0) is 13.0 Å². The molecule has 3 aromatic carbocycles. The molecule has 182 valence electrons. The van der Waals surface area contributed by atoms with Crippen LogP contribution in [-0.4, -0.2) is 16.2 Å². The molecule has 0 saturated carbocycles. The molecule has 0 saturated heterocycles. The van der Waals surface area contributed by atoms with Gasteiger partial charge < -0.3 is 14.4 Å². The normalized spacial score (nSPS) is 11.2. The Morgan fingerprint density at radius 2 is 1.78 bits per heavy atom. The van der Waals surface area contributed by atoms with Crippen LogP contribution in [0, 0.1) is 0 Å². The smallest absolute Gasteiger partial charge is 0.337 e. The average molecular weight is 538 g/mol. The molecular formula is C28H21Cl2NO4S. The van der Waals surface area contributed by atoms with Gasteiger partial charge in [0.25, 0.3) is 0 Å². The van der Waals surface area contributed by atoms with E-state index in [1.54, 1.807) is 23.6 Å². The average Bonchev–Trinajstić information content (AvgIpc) is 3.47. The fourth-order valence-corrected chi connectivity index (χ4v) is 5.66. The van der Waals surface area contributed by atoms with E-state index in [4.69, 9.17) is 32.5 Å². The number of halogens is 2. The highest BCUT2D eigenvalue weighted by molar-refractivity contribution is 7.17. The van der Waals surface area contributed by atoms with Crippen LogP contribution in [0.4, 0.5) is 0 Å². The van der Waals surface area contributed by atoms with Gasteiger partial charge in [0, 0.05) is 27.5 Å². The highest BCUT2D eigenvalue weighted by Gasteiger charge is 2.22. The van der Waals surface area contributed by atoms with Crippen LogP contribution in [0.2, 0.25) is 10.0 Å². The summed E-state index contributed by atoms with van der Waals surface area (Å²) < 4.78 is 12.7. The number of ether oxygens (including phenoxy) is 1. The zero-order valence-electron chi connectivity index (χ0n) is 19.3. The highest BCUT2D eigenvalue weighted by Crippen LogP contribution is 2.38. The number of rotatable bonds is 8. The van der Waals surface area contributed by atoms with Gasteiger partial charge in [0.05, 0.1) is 21.2 Å². The molecule has 0 amide bonds. The molecule has 0 aliphatic rings. The molecule has 8 heteroatoms. The minimum atomic E-state index is -0.912. The van der Waals surface area contributed by atoms with Gasteiger partial charge in [-0.15, -0.1) is 11.3 Å². The van der Waals surface area contributed by atoms with E-state index < -0.39 is 5.97 Å². The number of hydrogen-bond acceptors (Lipinski definition) is 5. The molecule has 0 bridgehead atoms. The molecule has 5 nitrogen and oxygen atoms in total. The van der Waals surface area contributed by atoms with Crippen LogP contribution in [0.25, 0.3) is 32.5 Å². The van der Waals surface area contributed by atoms with Gasteiger partial charge in [-0.3, -0.25) is 0 Å². The fraction of sp³-hybridized carbons (Fsp3) is 0.143. The van der Waals surface area contributed by atoms with Crippen LogP contribution in [0.5, 0.6) is 5.75 Å². The van der Waals surface area contributed by atoms with Crippen molar-refractivity contribution in [3.05, 3.63) is 93.0 Å². The lowest BCUT2D eigenvalue weighted by Gasteiger charge is -2.10. The van der Waals surface area contributed by atoms with E-state index in [1.807, 2.05) is 42.5 Å². The van der Waals surface area contributed by atoms with Gasteiger partial charge in [-0.1, -0.05) is 65.6 Å². The maximum absolute atomic E-state index is 11.4. The number of nitrogens with zero attached hydrogens (tertiary/aromatic N) is 1. The monoisotopic (exact) mass is 537 g/mol. The van der Waals surface area contributed by atoms with Crippen molar-refractivity contribution >= 4 is 50.6 Å². The van der Waals surface area contributed by atoms with Crippen molar-refractivity contribution in [3.63, 3.8) is 0 Å². The largest absolute Gasteiger partial charge is 0.489 e. The van der Waals surface area contributed by atoms with E-state index in [0.29, 0.717) is 32.6 Å². The highest BCUT2D eigenvalue weighted by atomic mass is 35.5. The van der Waals surface area contributed by atoms with Crippen LogP contribution in [0.3, 0.4) is 0 Å². The number of aromatic carboxylic acids is 1. The molecule has 0 fully saturated rings. The van der Waals surface area contributed by atoms with Crippen molar-refractivity contribution in [2.24, 2.45) is 0 Å². The van der Waals surface area contributed by atoms with Gasteiger partial charge >= 0.3 is 5.97 Å². The number of fused-ring (bicyclic) bond motifs is 1. The summed E-state index contributed by atoms with van der Waals surface area (Å²) in [5, 5.41) is 17.0. The second-order valence-electron chi connectivity index (χ2n) is 8.26. The number of carbonyl (C=O) groups is 1. The Hall–Kier alpha value is -3.32. The standard InChI is InChI=1S/C28H21Cl2NO4S/c1-2-4-24-20(27(31-35-24)26-22(29)5-3-6-23(26)30)14-34-18-10-7-16(8-11-18)17-9-12-19-21(28(32)33)15-36-25(19)13-17/h3,5-13,15H,2,4,14H2,1H3,(H,32,33). The number of hydrogen-bond donors (Lipinski definition) is 1. The molecule has 5 aromatic rings. The van der Waals surface area contributed by atoms with E-state index in [0.717, 1.165) is 45.4 Å². The lowest BCUT2D eigenvalue weighted by atomic mass is 10.0. The van der Waals surface area contributed by atoms with E-state index in [2.05, 4.69) is 12.1 Å². The summed E-state index contributed by atoms with van der Waals surface area (Å²) in [5.41, 5.74) is 4.40. The molecule has 0 unspecified atom stereocenters. The van der Waals surface area contributed by atoms with Crippen molar-refractivity contribution in [2.75, 3.05) is 0 Å². The van der Waals surface area contributed by atoms with E-state index >= 15 is 0 Å². The maximum Gasteiger partial charge on any atom is 0.337 e. The van der Waals surface area contributed by atoms with E-state index in [9.17, 15) is 9.90 Å². The van der Waals surface area contributed by atoms with E-state index in [-0.39, 0.29) is 6.61 Å². The Kier molecular flexibility index (Phi) is 7.01. The number of carboxylic acid groups (broad SMARTS) is 1. The number of carboxylic acids is 1. The van der Waals surface area contributed by atoms with Gasteiger partial charge in [0.15, 0.2) is 0 Å². The van der Waals surface area contributed by atoms with Crippen molar-refractivity contribution in [2.45, 2.75) is 26.4 Å². The Bertz CT molecular complexity index is 1540. The molecule has 2 heterocycles. The van der Waals surface area contributed by atoms with Gasteiger partial charge in [-0.2, -0.15) is 0 Å². The van der Waals surface area contributed by atoms with Crippen LogP contribution < -0.4 is 4.74 Å². The molecule has 0 aliphatic carbocycles. The first-order valence-corrected chi connectivity index (χ1v) is 13.0. The summed E-state index contributed by atoms with van der Waals surface area (Å²) in [7, 11) is 0. The SMILES string of the molecule is CCCc1onc(-c2c(Cl)cccc2Cl)c1COc1ccc(-c2ccc3c(C(=O)O)csc3c2)cc1. The summed E-state index contributed by atoms with van der Waals surface area (Å²) >= 11 is 14.3. The number of aryl methyl sites for hydroxylation is 1. The second kappa shape index (κ2) is 10.3. The number of benzene rings is 3. The van der Waals surface area contributed by atoms with Gasteiger partial charge in [0.2, 0.25) is 0 Å². The molecule has 5 rings (SSSR count). The Balaban J connectivity index is 1.38. The Labute approximate surface area is 221 Å². The minimum absolute atomic E-state index is 0.258. The summed E-state index contributed by atoms with van der Waals surface area (Å²) in [6.07, 6.45) is 1.62. The zero-order chi connectivity index (χ0) is 25.2. The van der Waals surface area contributed by atoms with Crippen LogP contribution in [0.1, 0.15) is 35.0 Å². The quantitative estimate of drug-likeness (QED) is 0.214. The molecule has 0 atom stereocenters. The third-order valence-electron chi connectivity index (χ3n) is 5.92. The maximum atomic E-state index is 11.4. The molecule has 36 heavy (non-hydrogen) atoms. The van der Waals surface area contributed by atoms with Crippen LogP contribution in [0.15, 0.2) is 70.6 Å².